The number of nitrogens with zero attached hydrogens (tertiary/aromatic N) is 4. The van der Waals surface area contributed by atoms with Crippen molar-refractivity contribution in [1.82, 2.24) is 9.88 Å². The Hall–Kier alpha value is -2.75. The highest BCUT2D eigenvalue weighted by Gasteiger charge is 2.28. The maximum Gasteiger partial charge on any atom is 0.282 e. The molecule has 2 aromatic carbocycles. The fourth-order valence-corrected chi connectivity index (χ4v) is 4.33. The monoisotopic (exact) mass is 462 g/mol. The normalized spacial score (nSPS) is 11.1. The second-order valence-electron chi connectivity index (χ2n) is 6.73. The molecule has 0 saturated heterocycles. The number of carbonyl (C=O) groups is 1. The van der Waals surface area contributed by atoms with Gasteiger partial charge >= 0.3 is 0 Å². The minimum absolute atomic E-state index is 0.0612. The van der Waals surface area contributed by atoms with Gasteiger partial charge in [-0.1, -0.05) is 36.8 Å². The van der Waals surface area contributed by atoms with Crippen molar-refractivity contribution in [2.45, 2.75) is 13.8 Å². The smallest absolute Gasteiger partial charge is 0.282 e. The molecule has 1 aromatic heterocycles. The molecule has 10 heteroatoms. The van der Waals surface area contributed by atoms with Gasteiger partial charge in [0, 0.05) is 30.2 Å². The molecule has 0 aliphatic carbocycles. The number of nitro groups is 1. The van der Waals surface area contributed by atoms with E-state index >= 15 is 0 Å². The zero-order chi connectivity index (χ0) is 22.5. The van der Waals surface area contributed by atoms with Crippen LogP contribution in [-0.2, 0) is 0 Å². The zero-order valence-electron chi connectivity index (χ0n) is 17.5. The number of nitro benzene ring substituents is 1. The van der Waals surface area contributed by atoms with E-state index in [9.17, 15) is 14.9 Å². The van der Waals surface area contributed by atoms with E-state index in [4.69, 9.17) is 16.3 Å². The molecule has 0 spiro atoms. The molecule has 0 fully saturated rings. The average molecular weight is 463 g/mol. The summed E-state index contributed by atoms with van der Waals surface area (Å²) in [5, 5.41) is 12.2. The highest BCUT2D eigenvalue weighted by molar-refractivity contribution is 7.22. The first-order chi connectivity index (χ1) is 14.9. The Bertz CT molecular complexity index is 1100. The van der Waals surface area contributed by atoms with Gasteiger partial charge in [0.05, 0.1) is 22.2 Å². The fraction of sp³-hybridized carbons (Fsp3) is 0.333. The van der Waals surface area contributed by atoms with Crippen molar-refractivity contribution in [3.63, 3.8) is 0 Å². The van der Waals surface area contributed by atoms with Crippen LogP contribution in [0.25, 0.3) is 10.2 Å². The number of carbonyl (C=O) groups excluding carboxylic acids is 1. The highest BCUT2D eigenvalue weighted by atomic mass is 35.5. The van der Waals surface area contributed by atoms with Gasteiger partial charge in [0.1, 0.15) is 11.3 Å². The van der Waals surface area contributed by atoms with E-state index in [1.165, 1.54) is 34.4 Å². The van der Waals surface area contributed by atoms with Crippen LogP contribution in [0.3, 0.4) is 0 Å². The summed E-state index contributed by atoms with van der Waals surface area (Å²) in [4.78, 5) is 32.7. The lowest BCUT2D eigenvalue weighted by atomic mass is 10.1. The fourth-order valence-electron chi connectivity index (χ4n) is 3.19. The summed E-state index contributed by atoms with van der Waals surface area (Å²) in [5.41, 5.74) is 0.347. The Labute approximate surface area is 189 Å². The van der Waals surface area contributed by atoms with Crippen molar-refractivity contribution in [2.75, 3.05) is 38.2 Å². The number of rotatable bonds is 9. The summed E-state index contributed by atoms with van der Waals surface area (Å²) in [5.74, 6) is 0.156. The molecule has 31 heavy (non-hydrogen) atoms. The lowest BCUT2D eigenvalue weighted by molar-refractivity contribution is -0.385. The van der Waals surface area contributed by atoms with Gasteiger partial charge in [-0.3, -0.25) is 19.8 Å². The highest BCUT2D eigenvalue weighted by Crippen LogP contribution is 2.33. The number of likely N-dealkylation sites (N-methyl/N-ethyl adjacent to an activating group) is 1. The molecule has 1 heterocycles. The van der Waals surface area contributed by atoms with Gasteiger partial charge in [-0.2, -0.15) is 0 Å². The van der Waals surface area contributed by atoms with E-state index in [1.807, 2.05) is 26.0 Å². The third-order valence-corrected chi connectivity index (χ3v) is 6.27. The standard InChI is InChI=1S/C21H23ClN4O4S/c1-4-24(5-2)10-11-25(20(27)16-12-14(22)6-8-18(16)26(28)29)21-23-17-13-15(30-3)7-9-19(17)31-21/h6-9,12-13H,4-5,10-11H2,1-3H3. The molecule has 1 amide bonds. The number of aromatic nitrogens is 1. The second kappa shape index (κ2) is 10.0. The summed E-state index contributed by atoms with van der Waals surface area (Å²) in [6.07, 6.45) is 0. The number of benzene rings is 2. The Kier molecular flexibility index (Phi) is 7.42. The molecular formula is C21H23ClN4O4S. The molecule has 8 nitrogen and oxygen atoms in total. The first kappa shape index (κ1) is 22.9. The van der Waals surface area contributed by atoms with Crippen molar-refractivity contribution in [2.24, 2.45) is 0 Å². The molecule has 0 unspecified atom stereocenters. The summed E-state index contributed by atoms with van der Waals surface area (Å²) >= 11 is 7.41. The minimum Gasteiger partial charge on any atom is -0.497 e. The number of anilines is 1. The van der Waals surface area contributed by atoms with Gasteiger partial charge in [0.2, 0.25) is 0 Å². The molecule has 3 rings (SSSR count). The molecule has 0 radical (unpaired) electrons. The Morgan fingerprint density at radius 2 is 1.94 bits per heavy atom. The predicted octanol–water partition coefficient (Wildman–Crippen LogP) is 4.86. The first-order valence-electron chi connectivity index (χ1n) is 9.80. The van der Waals surface area contributed by atoms with Gasteiger partial charge < -0.3 is 9.64 Å². The molecule has 164 valence electrons. The molecule has 0 aliphatic rings. The third kappa shape index (κ3) is 5.12. The predicted molar refractivity (Wildman–Crippen MR) is 124 cm³/mol. The Balaban J connectivity index is 2.05. The van der Waals surface area contributed by atoms with Crippen molar-refractivity contribution in [3.05, 3.63) is 57.1 Å². The molecule has 0 bridgehead atoms. The van der Waals surface area contributed by atoms with Crippen LogP contribution in [0.4, 0.5) is 10.8 Å². The summed E-state index contributed by atoms with van der Waals surface area (Å²) < 4.78 is 6.15. The average Bonchev–Trinajstić information content (AvgIpc) is 3.18. The van der Waals surface area contributed by atoms with Crippen molar-refractivity contribution in [1.29, 1.82) is 0 Å². The SMILES string of the molecule is CCN(CC)CCN(C(=O)c1cc(Cl)ccc1[N+](=O)[O-])c1nc2cc(OC)ccc2s1. The summed E-state index contributed by atoms with van der Waals surface area (Å²) in [7, 11) is 1.58. The Morgan fingerprint density at radius 1 is 1.19 bits per heavy atom. The van der Waals surface area contributed by atoms with Gasteiger partial charge in [0.25, 0.3) is 11.6 Å². The quantitative estimate of drug-likeness (QED) is 0.333. The van der Waals surface area contributed by atoms with Gasteiger partial charge in [0.15, 0.2) is 5.13 Å². The lowest BCUT2D eigenvalue weighted by Gasteiger charge is -2.24. The van der Waals surface area contributed by atoms with Crippen LogP contribution >= 0.6 is 22.9 Å². The van der Waals surface area contributed by atoms with E-state index in [0.717, 1.165) is 17.8 Å². The third-order valence-electron chi connectivity index (χ3n) is 4.98. The van der Waals surface area contributed by atoms with Crippen LogP contribution in [0, 0.1) is 10.1 Å². The van der Waals surface area contributed by atoms with Crippen LogP contribution < -0.4 is 9.64 Å². The van der Waals surface area contributed by atoms with E-state index in [-0.39, 0.29) is 16.3 Å². The molecule has 0 N–H and O–H groups in total. The van der Waals surface area contributed by atoms with E-state index in [1.54, 1.807) is 13.2 Å². The van der Waals surface area contributed by atoms with E-state index < -0.39 is 10.8 Å². The number of hydrogen-bond donors (Lipinski definition) is 0. The van der Waals surface area contributed by atoms with Crippen LogP contribution in [0.2, 0.25) is 5.02 Å². The van der Waals surface area contributed by atoms with Crippen LogP contribution in [0.5, 0.6) is 5.75 Å². The number of hydrogen-bond acceptors (Lipinski definition) is 7. The van der Waals surface area contributed by atoms with Crippen molar-refractivity contribution < 1.29 is 14.5 Å². The topological polar surface area (TPSA) is 88.8 Å². The molecule has 3 aromatic rings. The molecule has 0 atom stereocenters. The maximum atomic E-state index is 13.5. The number of amides is 1. The minimum atomic E-state index is -0.574. The lowest BCUT2D eigenvalue weighted by Crippen LogP contribution is -2.39. The number of halogens is 1. The first-order valence-corrected chi connectivity index (χ1v) is 11.0. The van der Waals surface area contributed by atoms with Gasteiger partial charge in [-0.05, 0) is 37.4 Å². The summed E-state index contributed by atoms with van der Waals surface area (Å²) in [6.45, 7) is 6.68. The van der Waals surface area contributed by atoms with Crippen molar-refractivity contribution >= 4 is 49.9 Å². The van der Waals surface area contributed by atoms with Crippen LogP contribution in [0.1, 0.15) is 24.2 Å². The maximum absolute atomic E-state index is 13.5. The van der Waals surface area contributed by atoms with E-state index in [2.05, 4.69) is 9.88 Å². The number of thiazole rings is 1. The largest absolute Gasteiger partial charge is 0.497 e. The Morgan fingerprint density at radius 3 is 2.58 bits per heavy atom. The number of methoxy groups -OCH3 is 1. The van der Waals surface area contributed by atoms with Gasteiger partial charge in [-0.25, -0.2) is 4.98 Å². The zero-order valence-corrected chi connectivity index (χ0v) is 19.1. The number of ether oxygens (including phenoxy) is 1. The van der Waals surface area contributed by atoms with Crippen LogP contribution in [-0.4, -0.2) is 54.0 Å². The van der Waals surface area contributed by atoms with Crippen LogP contribution in [0.15, 0.2) is 36.4 Å². The van der Waals surface area contributed by atoms with E-state index in [0.29, 0.717) is 29.5 Å². The molecular weight excluding hydrogens is 440 g/mol. The summed E-state index contributed by atoms with van der Waals surface area (Å²) in [6, 6.07) is 9.49. The second-order valence-corrected chi connectivity index (χ2v) is 8.18. The molecule has 0 saturated carbocycles. The van der Waals surface area contributed by atoms with Crippen molar-refractivity contribution in [3.8, 4) is 5.75 Å². The number of fused-ring (bicyclic) bond motifs is 1. The molecule has 0 aliphatic heterocycles. The van der Waals surface area contributed by atoms with Gasteiger partial charge in [-0.15, -0.1) is 0 Å².